The van der Waals surface area contributed by atoms with Crippen molar-refractivity contribution in [3.63, 3.8) is 0 Å². The topological polar surface area (TPSA) is 78.0 Å². The predicted octanol–water partition coefficient (Wildman–Crippen LogP) is 3.48. The van der Waals surface area contributed by atoms with Gasteiger partial charge in [0.2, 0.25) is 15.9 Å². The molecule has 0 saturated carbocycles. The highest BCUT2D eigenvalue weighted by molar-refractivity contribution is 7.89. The fraction of sp³-hybridized carbons (Fsp3) is 0.481. The zero-order chi connectivity index (χ0) is 24.8. The van der Waals surface area contributed by atoms with Crippen molar-refractivity contribution in [1.29, 1.82) is 0 Å². The van der Waals surface area contributed by atoms with E-state index in [2.05, 4.69) is 12.1 Å². The highest BCUT2D eigenvalue weighted by Crippen LogP contribution is 2.24. The van der Waals surface area contributed by atoms with Crippen LogP contribution in [0.5, 0.6) is 0 Å². The molecular weight excluding hydrogens is 462 g/mol. The van der Waals surface area contributed by atoms with Gasteiger partial charge in [0.05, 0.1) is 4.90 Å². The molecule has 0 unspecified atom stereocenters. The van der Waals surface area contributed by atoms with Crippen molar-refractivity contribution in [2.24, 2.45) is 0 Å². The predicted molar refractivity (Wildman–Crippen MR) is 136 cm³/mol. The van der Waals surface area contributed by atoms with Crippen LogP contribution >= 0.6 is 0 Å². The van der Waals surface area contributed by atoms with E-state index in [4.69, 9.17) is 0 Å². The molecule has 0 aromatic heterocycles. The van der Waals surface area contributed by atoms with Crippen LogP contribution in [0.15, 0.2) is 53.4 Å². The lowest BCUT2D eigenvalue weighted by molar-refractivity contribution is -0.132. The summed E-state index contributed by atoms with van der Waals surface area (Å²) in [6, 6.07) is 15.0. The van der Waals surface area contributed by atoms with Crippen molar-refractivity contribution >= 4 is 21.8 Å². The first-order chi connectivity index (χ1) is 16.9. The van der Waals surface area contributed by atoms with Gasteiger partial charge in [0, 0.05) is 51.3 Å². The maximum absolute atomic E-state index is 13.3. The van der Waals surface area contributed by atoms with Gasteiger partial charge in [0.1, 0.15) is 0 Å². The Bertz CT molecular complexity index is 1140. The summed E-state index contributed by atoms with van der Waals surface area (Å²) in [5.74, 6) is -0.0480. The standard InChI is InChI=1S/C27H35N3O4S/c1-22-13-14-24(35(33,34)30-15-6-3-7-16-30)21-25(22)27(32)29-19-17-28(18-20-29)26(31)12-8-11-23-9-4-2-5-10-23/h2,4-5,9-10,13-14,21H,3,6-8,11-12,15-20H2,1H3. The molecule has 2 heterocycles. The van der Waals surface area contributed by atoms with E-state index in [1.165, 1.54) is 15.9 Å². The van der Waals surface area contributed by atoms with Gasteiger partial charge in [-0.15, -0.1) is 0 Å². The number of amides is 2. The largest absolute Gasteiger partial charge is 0.339 e. The number of piperidine rings is 1. The molecular formula is C27H35N3O4S. The van der Waals surface area contributed by atoms with Crippen LogP contribution in [-0.2, 0) is 21.2 Å². The van der Waals surface area contributed by atoms with Gasteiger partial charge in [-0.25, -0.2) is 8.42 Å². The molecule has 7 nitrogen and oxygen atoms in total. The Kier molecular flexibility index (Phi) is 8.23. The van der Waals surface area contributed by atoms with Gasteiger partial charge in [-0.1, -0.05) is 42.8 Å². The highest BCUT2D eigenvalue weighted by Gasteiger charge is 2.29. The van der Waals surface area contributed by atoms with Crippen LogP contribution in [0.25, 0.3) is 0 Å². The van der Waals surface area contributed by atoms with Gasteiger partial charge in [-0.05, 0) is 55.9 Å². The maximum atomic E-state index is 13.3. The first-order valence-corrected chi connectivity index (χ1v) is 14.0. The van der Waals surface area contributed by atoms with Crippen molar-refractivity contribution < 1.29 is 18.0 Å². The maximum Gasteiger partial charge on any atom is 0.254 e. The van der Waals surface area contributed by atoms with Crippen molar-refractivity contribution in [2.45, 2.75) is 50.3 Å². The van der Waals surface area contributed by atoms with Gasteiger partial charge < -0.3 is 9.80 Å². The van der Waals surface area contributed by atoms with Gasteiger partial charge >= 0.3 is 0 Å². The van der Waals surface area contributed by atoms with Crippen LogP contribution in [0.4, 0.5) is 0 Å². The summed E-state index contributed by atoms with van der Waals surface area (Å²) in [5.41, 5.74) is 2.41. The number of piperazine rings is 1. The minimum absolute atomic E-state index is 0.124. The van der Waals surface area contributed by atoms with Gasteiger partial charge in [0.25, 0.3) is 5.91 Å². The van der Waals surface area contributed by atoms with E-state index >= 15 is 0 Å². The van der Waals surface area contributed by atoms with E-state index in [9.17, 15) is 18.0 Å². The summed E-state index contributed by atoms with van der Waals surface area (Å²) in [7, 11) is -3.60. The van der Waals surface area contributed by atoms with Gasteiger partial charge in [-0.3, -0.25) is 9.59 Å². The van der Waals surface area contributed by atoms with Gasteiger partial charge in [0.15, 0.2) is 0 Å². The molecule has 0 N–H and O–H groups in total. The second-order valence-electron chi connectivity index (χ2n) is 9.45. The molecule has 35 heavy (non-hydrogen) atoms. The summed E-state index contributed by atoms with van der Waals surface area (Å²) >= 11 is 0. The Morgan fingerprint density at radius 2 is 1.49 bits per heavy atom. The molecule has 8 heteroatoms. The number of benzene rings is 2. The first kappa shape index (κ1) is 25.4. The molecule has 188 valence electrons. The first-order valence-electron chi connectivity index (χ1n) is 12.6. The number of carbonyl (C=O) groups excluding carboxylic acids is 2. The number of carbonyl (C=O) groups is 2. The Morgan fingerprint density at radius 1 is 0.829 bits per heavy atom. The van der Waals surface area contributed by atoms with Crippen molar-refractivity contribution in [3.8, 4) is 0 Å². The third-order valence-corrected chi connectivity index (χ3v) is 8.91. The molecule has 2 aliphatic rings. The minimum Gasteiger partial charge on any atom is -0.339 e. The summed E-state index contributed by atoms with van der Waals surface area (Å²) in [4.78, 5) is 29.7. The second kappa shape index (κ2) is 11.4. The average molecular weight is 498 g/mol. The Labute approximate surface area is 208 Å². The number of rotatable bonds is 7. The number of nitrogens with zero attached hydrogens (tertiary/aromatic N) is 3. The fourth-order valence-corrected chi connectivity index (χ4v) is 6.37. The van der Waals surface area contributed by atoms with Crippen LogP contribution in [0.1, 0.15) is 53.6 Å². The second-order valence-corrected chi connectivity index (χ2v) is 11.4. The van der Waals surface area contributed by atoms with E-state index in [-0.39, 0.29) is 16.7 Å². The lowest BCUT2D eigenvalue weighted by atomic mass is 10.1. The van der Waals surface area contributed by atoms with Crippen LogP contribution in [0, 0.1) is 6.92 Å². The SMILES string of the molecule is Cc1ccc(S(=O)(=O)N2CCCCC2)cc1C(=O)N1CCN(C(=O)CCCc2ccccc2)CC1. The Balaban J connectivity index is 1.34. The molecule has 2 aromatic carbocycles. The van der Waals surface area contributed by atoms with Crippen molar-refractivity contribution in [1.82, 2.24) is 14.1 Å². The molecule has 0 spiro atoms. The van der Waals surface area contributed by atoms with Crippen molar-refractivity contribution in [3.05, 3.63) is 65.2 Å². The van der Waals surface area contributed by atoms with E-state index < -0.39 is 10.0 Å². The lowest BCUT2D eigenvalue weighted by Crippen LogP contribution is -2.50. The number of aryl methyl sites for hydroxylation is 2. The fourth-order valence-electron chi connectivity index (χ4n) is 4.82. The Morgan fingerprint density at radius 3 is 2.17 bits per heavy atom. The normalized spacial score (nSPS) is 17.4. The number of hydrogen-bond acceptors (Lipinski definition) is 4. The lowest BCUT2D eigenvalue weighted by Gasteiger charge is -2.35. The van der Waals surface area contributed by atoms with Gasteiger partial charge in [-0.2, -0.15) is 4.31 Å². The van der Waals surface area contributed by atoms with Crippen LogP contribution in [0.3, 0.4) is 0 Å². The molecule has 0 aliphatic carbocycles. The number of sulfonamides is 1. The van der Waals surface area contributed by atoms with Crippen molar-refractivity contribution in [2.75, 3.05) is 39.3 Å². The van der Waals surface area contributed by atoms with E-state index in [1.54, 1.807) is 17.0 Å². The van der Waals surface area contributed by atoms with Crippen LogP contribution < -0.4 is 0 Å². The quantitative estimate of drug-likeness (QED) is 0.587. The van der Waals surface area contributed by atoms with E-state index in [1.807, 2.05) is 30.0 Å². The molecule has 2 aliphatic heterocycles. The summed E-state index contributed by atoms with van der Waals surface area (Å²) in [5, 5.41) is 0. The molecule has 0 bridgehead atoms. The van der Waals surface area contributed by atoms with E-state index in [0.717, 1.165) is 37.7 Å². The highest BCUT2D eigenvalue weighted by atomic mass is 32.2. The molecule has 2 aromatic rings. The zero-order valence-electron chi connectivity index (χ0n) is 20.5. The molecule has 0 radical (unpaired) electrons. The third-order valence-electron chi connectivity index (χ3n) is 7.01. The zero-order valence-corrected chi connectivity index (χ0v) is 21.3. The van der Waals surface area contributed by atoms with Crippen LogP contribution in [0.2, 0.25) is 0 Å². The molecule has 4 rings (SSSR count). The average Bonchev–Trinajstić information content (AvgIpc) is 2.89. The molecule has 2 amide bonds. The molecule has 2 saturated heterocycles. The Hall–Kier alpha value is -2.71. The smallest absolute Gasteiger partial charge is 0.254 e. The third kappa shape index (κ3) is 6.11. The summed E-state index contributed by atoms with van der Waals surface area (Å²) in [6.07, 6.45) is 4.96. The summed E-state index contributed by atoms with van der Waals surface area (Å²) in [6.45, 7) is 4.79. The molecule has 2 fully saturated rings. The number of hydrogen-bond donors (Lipinski definition) is 0. The molecule has 0 atom stereocenters. The summed E-state index contributed by atoms with van der Waals surface area (Å²) < 4.78 is 27.7. The monoisotopic (exact) mass is 497 g/mol. The van der Waals surface area contributed by atoms with E-state index in [0.29, 0.717) is 51.3 Å². The minimum atomic E-state index is -3.60. The van der Waals surface area contributed by atoms with Crippen LogP contribution in [-0.4, -0.2) is 73.6 Å².